The summed E-state index contributed by atoms with van der Waals surface area (Å²) in [6.07, 6.45) is 0.197. The fourth-order valence-corrected chi connectivity index (χ4v) is 2.06. The van der Waals surface area contributed by atoms with Gasteiger partial charge >= 0.3 is 12.0 Å². The molecule has 1 atom stereocenters. The van der Waals surface area contributed by atoms with Gasteiger partial charge in [0, 0.05) is 6.42 Å². The van der Waals surface area contributed by atoms with Crippen molar-refractivity contribution in [2.45, 2.75) is 18.9 Å². The number of amides is 2. The van der Waals surface area contributed by atoms with Crippen LogP contribution in [0.25, 0.3) is 0 Å². The van der Waals surface area contributed by atoms with Crippen LogP contribution in [0, 0.1) is 0 Å². The number of esters is 1. The van der Waals surface area contributed by atoms with Crippen molar-refractivity contribution in [3.05, 3.63) is 23.8 Å². The SMILES string of the molecule is COC(=O)[C@](C)(Cc1ccc(OC)c(OC)c1)NC(N)=O. The number of nitrogens with one attached hydrogen (secondary N) is 1. The summed E-state index contributed by atoms with van der Waals surface area (Å²) in [5, 5.41) is 2.41. The molecule has 21 heavy (non-hydrogen) atoms. The standard InChI is InChI=1S/C14H20N2O5/c1-14(12(17)21-4,16-13(15)18)8-9-5-6-10(19-2)11(7-9)20-3/h5-7H,8H2,1-4H3,(H3,15,16,18)/t14-/m0/s1. The van der Waals surface area contributed by atoms with E-state index in [1.165, 1.54) is 21.3 Å². The number of primary amides is 1. The first-order chi connectivity index (χ1) is 9.86. The second-order valence-corrected chi connectivity index (χ2v) is 4.68. The molecule has 0 spiro atoms. The normalized spacial score (nSPS) is 13.0. The predicted molar refractivity (Wildman–Crippen MR) is 76.4 cm³/mol. The van der Waals surface area contributed by atoms with Gasteiger partial charge in [-0.2, -0.15) is 0 Å². The van der Waals surface area contributed by atoms with E-state index < -0.39 is 17.5 Å². The van der Waals surface area contributed by atoms with Crippen LogP contribution in [0.3, 0.4) is 0 Å². The van der Waals surface area contributed by atoms with Crippen LogP contribution in [0.15, 0.2) is 18.2 Å². The lowest BCUT2D eigenvalue weighted by Gasteiger charge is -2.27. The molecule has 7 nitrogen and oxygen atoms in total. The number of ether oxygens (including phenoxy) is 3. The molecular formula is C14H20N2O5. The van der Waals surface area contributed by atoms with Gasteiger partial charge in [-0.05, 0) is 24.6 Å². The molecule has 0 aliphatic carbocycles. The van der Waals surface area contributed by atoms with Crippen molar-refractivity contribution < 1.29 is 23.8 Å². The van der Waals surface area contributed by atoms with E-state index in [-0.39, 0.29) is 6.42 Å². The van der Waals surface area contributed by atoms with E-state index in [4.69, 9.17) is 19.9 Å². The van der Waals surface area contributed by atoms with Gasteiger partial charge in [-0.15, -0.1) is 0 Å². The minimum absolute atomic E-state index is 0.197. The third-order valence-corrected chi connectivity index (χ3v) is 3.04. The number of hydrogen-bond donors (Lipinski definition) is 2. The van der Waals surface area contributed by atoms with Crippen LogP contribution >= 0.6 is 0 Å². The Kier molecular flexibility index (Phi) is 5.40. The molecule has 7 heteroatoms. The molecule has 1 aromatic rings. The van der Waals surface area contributed by atoms with Crippen LogP contribution in [0.2, 0.25) is 0 Å². The van der Waals surface area contributed by atoms with Crippen LogP contribution < -0.4 is 20.5 Å². The van der Waals surface area contributed by atoms with Gasteiger partial charge in [-0.25, -0.2) is 9.59 Å². The second kappa shape index (κ2) is 6.83. The van der Waals surface area contributed by atoms with Gasteiger partial charge in [0.15, 0.2) is 11.5 Å². The fourth-order valence-electron chi connectivity index (χ4n) is 2.06. The molecule has 1 rings (SSSR count). The van der Waals surface area contributed by atoms with E-state index in [2.05, 4.69) is 5.32 Å². The zero-order valence-electron chi connectivity index (χ0n) is 12.6. The summed E-state index contributed by atoms with van der Waals surface area (Å²) in [5.41, 5.74) is 4.62. The number of nitrogens with two attached hydrogens (primary N) is 1. The van der Waals surface area contributed by atoms with Crippen molar-refractivity contribution in [2.24, 2.45) is 5.73 Å². The fraction of sp³-hybridized carbons (Fsp3) is 0.429. The second-order valence-electron chi connectivity index (χ2n) is 4.68. The average molecular weight is 296 g/mol. The molecule has 0 saturated carbocycles. The molecular weight excluding hydrogens is 276 g/mol. The van der Waals surface area contributed by atoms with Crippen LogP contribution in [0.1, 0.15) is 12.5 Å². The van der Waals surface area contributed by atoms with Crippen molar-refractivity contribution in [1.82, 2.24) is 5.32 Å². The first kappa shape index (κ1) is 16.6. The first-order valence-corrected chi connectivity index (χ1v) is 6.23. The van der Waals surface area contributed by atoms with Gasteiger partial charge in [-0.1, -0.05) is 6.07 Å². The zero-order chi connectivity index (χ0) is 16.0. The van der Waals surface area contributed by atoms with Crippen molar-refractivity contribution >= 4 is 12.0 Å². The van der Waals surface area contributed by atoms with Crippen molar-refractivity contribution in [3.8, 4) is 11.5 Å². The number of methoxy groups -OCH3 is 3. The van der Waals surface area contributed by atoms with Crippen LogP contribution in [-0.2, 0) is 16.0 Å². The summed E-state index contributed by atoms with van der Waals surface area (Å²) in [6.45, 7) is 1.54. The van der Waals surface area contributed by atoms with Crippen LogP contribution in [0.5, 0.6) is 11.5 Å². The molecule has 0 heterocycles. The quantitative estimate of drug-likeness (QED) is 0.758. The first-order valence-electron chi connectivity index (χ1n) is 6.23. The van der Waals surface area contributed by atoms with Crippen molar-refractivity contribution in [2.75, 3.05) is 21.3 Å². The monoisotopic (exact) mass is 296 g/mol. The number of hydrogen-bond acceptors (Lipinski definition) is 5. The topological polar surface area (TPSA) is 99.9 Å². The van der Waals surface area contributed by atoms with E-state index in [1.807, 2.05) is 0 Å². The maximum Gasteiger partial charge on any atom is 0.331 e. The summed E-state index contributed by atoms with van der Waals surface area (Å²) in [6, 6.07) is 4.41. The summed E-state index contributed by atoms with van der Waals surface area (Å²) in [5.74, 6) is 0.515. The summed E-state index contributed by atoms with van der Waals surface area (Å²) >= 11 is 0. The summed E-state index contributed by atoms with van der Waals surface area (Å²) in [4.78, 5) is 23.0. The highest BCUT2D eigenvalue weighted by Crippen LogP contribution is 2.29. The third-order valence-electron chi connectivity index (χ3n) is 3.04. The van der Waals surface area contributed by atoms with Crippen LogP contribution in [0.4, 0.5) is 4.79 Å². The Morgan fingerprint density at radius 2 is 1.81 bits per heavy atom. The Labute approximate surface area is 123 Å². The minimum atomic E-state index is -1.26. The molecule has 2 amide bonds. The Bertz CT molecular complexity index is 532. The Balaban J connectivity index is 3.09. The third kappa shape index (κ3) is 4.01. The van der Waals surface area contributed by atoms with Gasteiger partial charge in [0.25, 0.3) is 0 Å². The Morgan fingerprint density at radius 3 is 2.29 bits per heavy atom. The van der Waals surface area contributed by atoms with Gasteiger partial charge < -0.3 is 25.3 Å². The van der Waals surface area contributed by atoms with Gasteiger partial charge in [-0.3, -0.25) is 0 Å². The molecule has 0 bridgehead atoms. The van der Waals surface area contributed by atoms with E-state index in [9.17, 15) is 9.59 Å². The van der Waals surface area contributed by atoms with E-state index >= 15 is 0 Å². The number of carbonyl (C=O) groups excluding carboxylic acids is 2. The molecule has 0 aliphatic rings. The maximum atomic E-state index is 11.9. The predicted octanol–water partition coefficient (Wildman–Crippen LogP) is 0.846. The number of benzene rings is 1. The zero-order valence-corrected chi connectivity index (χ0v) is 12.6. The highest BCUT2D eigenvalue weighted by Gasteiger charge is 2.36. The van der Waals surface area contributed by atoms with E-state index in [0.717, 1.165) is 5.56 Å². The van der Waals surface area contributed by atoms with Crippen molar-refractivity contribution in [3.63, 3.8) is 0 Å². The molecule has 116 valence electrons. The van der Waals surface area contributed by atoms with Gasteiger partial charge in [0.05, 0.1) is 21.3 Å². The summed E-state index contributed by atoms with van der Waals surface area (Å²) in [7, 11) is 4.30. The molecule has 0 unspecified atom stereocenters. The lowest BCUT2D eigenvalue weighted by molar-refractivity contribution is -0.147. The van der Waals surface area contributed by atoms with Crippen molar-refractivity contribution in [1.29, 1.82) is 0 Å². The molecule has 0 aliphatic heterocycles. The lowest BCUT2D eigenvalue weighted by atomic mass is 9.92. The Morgan fingerprint density at radius 1 is 1.19 bits per heavy atom. The molecule has 0 aromatic heterocycles. The average Bonchev–Trinajstić information content (AvgIpc) is 2.45. The maximum absolute atomic E-state index is 11.9. The minimum Gasteiger partial charge on any atom is -0.493 e. The molecule has 0 saturated heterocycles. The summed E-state index contributed by atoms with van der Waals surface area (Å²) < 4.78 is 15.1. The van der Waals surface area contributed by atoms with E-state index in [0.29, 0.717) is 11.5 Å². The lowest BCUT2D eigenvalue weighted by Crippen LogP contribution is -2.56. The molecule has 0 radical (unpaired) electrons. The van der Waals surface area contributed by atoms with Gasteiger partial charge in [0.1, 0.15) is 5.54 Å². The largest absolute Gasteiger partial charge is 0.493 e. The smallest absolute Gasteiger partial charge is 0.331 e. The number of carbonyl (C=O) groups is 2. The van der Waals surface area contributed by atoms with Crippen LogP contribution in [-0.4, -0.2) is 38.9 Å². The highest BCUT2D eigenvalue weighted by molar-refractivity contribution is 5.86. The van der Waals surface area contributed by atoms with E-state index in [1.54, 1.807) is 25.1 Å². The molecule has 3 N–H and O–H groups in total. The van der Waals surface area contributed by atoms with Gasteiger partial charge in [0.2, 0.25) is 0 Å². The number of urea groups is 1. The highest BCUT2D eigenvalue weighted by atomic mass is 16.5. The molecule has 0 fully saturated rings. The molecule has 1 aromatic carbocycles. The Hall–Kier alpha value is -2.44. The number of rotatable bonds is 6.